The van der Waals surface area contributed by atoms with Crippen LogP contribution >= 0.6 is 0 Å². The molecule has 0 aliphatic rings. The summed E-state index contributed by atoms with van der Waals surface area (Å²) in [7, 11) is 1.52. The maximum Gasteiger partial charge on any atom is 0.412 e. The molecule has 0 saturated heterocycles. The standard InChI is InChI=1S/C24H26N2O4/c1-16(27)26(19-14-13-17-9-6-7-10-18(17)15-19)22-20(11-8-12-21(22)29-5)25-23(28)30-24(2,3)4/h6-15H,1-5H3,(H,25,28). The van der Waals surface area contributed by atoms with Gasteiger partial charge in [-0.25, -0.2) is 4.79 Å². The number of benzene rings is 3. The highest BCUT2D eigenvalue weighted by Crippen LogP contribution is 2.41. The van der Waals surface area contributed by atoms with E-state index in [1.807, 2.05) is 42.5 Å². The van der Waals surface area contributed by atoms with Crippen molar-refractivity contribution in [2.75, 3.05) is 17.3 Å². The van der Waals surface area contributed by atoms with Crippen molar-refractivity contribution in [2.45, 2.75) is 33.3 Å². The number of fused-ring (bicyclic) bond motifs is 1. The van der Waals surface area contributed by atoms with E-state index >= 15 is 0 Å². The van der Waals surface area contributed by atoms with Crippen molar-refractivity contribution < 1.29 is 19.1 Å². The van der Waals surface area contributed by atoms with Gasteiger partial charge in [0.2, 0.25) is 5.91 Å². The van der Waals surface area contributed by atoms with Gasteiger partial charge in [-0.05, 0) is 55.8 Å². The van der Waals surface area contributed by atoms with Crippen LogP contribution < -0.4 is 15.0 Å². The number of rotatable bonds is 4. The van der Waals surface area contributed by atoms with Crippen molar-refractivity contribution in [3.63, 3.8) is 0 Å². The van der Waals surface area contributed by atoms with E-state index in [2.05, 4.69) is 5.32 Å². The van der Waals surface area contributed by atoms with Gasteiger partial charge in [0, 0.05) is 12.6 Å². The van der Waals surface area contributed by atoms with Gasteiger partial charge in [0.05, 0.1) is 12.8 Å². The third-order valence-corrected chi connectivity index (χ3v) is 4.38. The first-order valence-electron chi connectivity index (χ1n) is 9.66. The number of hydrogen-bond acceptors (Lipinski definition) is 4. The van der Waals surface area contributed by atoms with Crippen LogP contribution in [0.1, 0.15) is 27.7 Å². The molecular formula is C24H26N2O4. The van der Waals surface area contributed by atoms with Gasteiger partial charge < -0.3 is 9.47 Å². The van der Waals surface area contributed by atoms with Gasteiger partial charge in [0.25, 0.3) is 0 Å². The minimum Gasteiger partial charge on any atom is -0.494 e. The maximum atomic E-state index is 12.7. The molecule has 0 aliphatic heterocycles. The van der Waals surface area contributed by atoms with Gasteiger partial charge in [-0.1, -0.05) is 36.4 Å². The van der Waals surface area contributed by atoms with Gasteiger partial charge in [-0.2, -0.15) is 0 Å². The van der Waals surface area contributed by atoms with Gasteiger partial charge in [0.15, 0.2) is 0 Å². The predicted octanol–water partition coefficient (Wildman–Crippen LogP) is 5.88. The van der Waals surface area contributed by atoms with Gasteiger partial charge in [-0.3, -0.25) is 15.0 Å². The Morgan fingerprint density at radius 3 is 2.27 bits per heavy atom. The molecule has 0 atom stereocenters. The number of ether oxygens (including phenoxy) is 2. The summed E-state index contributed by atoms with van der Waals surface area (Å²) in [6, 6.07) is 18.9. The summed E-state index contributed by atoms with van der Waals surface area (Å²) in [5, 5.41) is 4.81. The first-order valence-corrected chi connectivity index (χ1v) is 9.66. The van der Waals surface area contributed by atoms with Crippen molar-refractivity contribution >= 4 is 39.8 Å². The van der Waals surface area contributed by atoms with Gasteiger partial charge in [-0.15, -0.1) is 0 Å². The smallest absolute Gasteiger partial charge is 0.412 e. The molecular weight excluding hydrogens is 380 g/mol. The molecule has 0 radical (unpaired) electrons. The SMILES string of the molecule is COc1cccc(NC(=O)OC(C)(C)C)c1N(C(C)=O)c1ccc2ccccc2c1. The first kappa shape index (κ1) is 21.2. The average molecular weight is 406 g/mol. The lowest BCUT2D eigenvalue weighted by Gasteiger charge is -2.27. The average Bonchev–Trinajstić information content (AvgIpc) is 2.67. The fraction of sp³-hybridized carbons (Fsp3) is 0.250. The molecule has 30 heavy (non-hydrogen) atoms. The zero-order chi connectivity index (χ0) is 21.9. The van der Waals surface area contributed by atoms with Crippen LogP contribution in [-0.4, -0.2) is 24.7 Å². The van der Waals surface area contributed by atoms with Crippen LogP contribution in [0.5, 0.6) is 5.75 Å². The Morgan fingerprint density at radius 1 is 0.933 bits per heavy atom. The Kier molecular flexibility index (Phi) is 5.96. The largest absolute Gasteiger partial charge is 0.494 e. The number of amides is 2. The number of nitrogens with one attached hydrogen (secondary N) is 1. The molecule has 1 N–H and O–H groups in total. The zero-order valence-electron chi connectivity index (χ0n) is 17.9. The number of hydrogen-bond donors (Lipinski definition) is 1. The molecule has 0 heterocycles. The van der Waals surface area contributed by atoms with E-state index < -0.39 is 11.7 Å². The molecule has 0 saturated carbocycles. The van der Waals surface area contributed by atoms with E-state index in [-0.39, 0.29) is 5.91 Å². The molecule has 3 aromatic carbocycles. The second-order valence-corrected chi connectivity index (χ2v) is 7.87. The lowest BCUT2D eigenvalue weighted by Crippen LogP contribution is -2.29. The van der Waals surface area contributed by atoms with Crippen molar-refractivity contribution in [1.82, 2.24) is 0 Å². The summed E-state index contributed by atoms with van der Waals surface area (Å²) >= 11 is 0. The van der Waals surface area contributed by atoms with E-state index in [1.54, 1.807) is 39.0 Å². The molecule has 156 valence electrons. The summed E-state index contributed by atoms with van der Waals surface area (Å²) < 4.78 is 10.9. The minimum atomic E-state index is -0.651. The lowest BCUT2D eigenvalue weighted by atomic mass is 10.1. The zero-order valence-corrected chi connectivity index (χ0v) is 17.9. The molecule has 6 nitrogen and oxygen atoms in total. The summed E-state index contributed by atoms with van der Waals surface area (Å²) in [5.41, 5.74) is 0.861. The Morgan fingerprint density at radius 2 is 1.63 bits per heavy atom. The fourth-order valence-corrected chi connectivity index (χ4v) is 3.22. The van der Waals surface area contributed by atoms with Crippen molar-refractivity contribution in [3.05, 3.63) is 60.7 Å². The maximum absolute atomic E-state index is 12.7. The van der Waals surface area contributed by atoms with Gasteiger partial charge in [0.1, 0.15) is 17.0 Å². The topological polar surface area (TPSA) is 67.9 Å². The Labute approximate surface area is 176 Å². The number of methoxy groups -OCH3 is 1. The summed E-state index contributed by atoms with van der Waals surface area (Å²) in [6.45, 7) is 6.83. The summed E-state index contributed by atoms with van der Waals surface area (Å²) in [5.74, 6) is 0.230. The highest BCUT2D eigenvalue weighted by Gasteiger charge is 2.25. The minimum absolute atomic E-state index is 0.220. The van der Waals surface area contributed by atoms with Crippen molar-refractivity contribution in [1.29, 1.82) is 0 Å². The second-order valence-electron chi connectivity index (χ2n) is 7.87. The van der Waals surface area contributed by atoms with Crippen molar-refractivity contribution in [3.8, 4) is 5.75 Å². The van der Waals surface area contributed by atoms with Crippen LogP contribution in [0.25, 0.3) is 10.8 Å². The summed E-state index contributed by atoms with van der Waals surface area (Å²) in [4.78, 5) is 26.7. The van der Waals surface area contributed by atoms with Crippen LogP contribution in [-0.2, 0) is 9.53 Å². The van der Waals surface area contributed by atoms with Crippen LogP contribution in [0.3, 0.4) is 0 Å². The molecule has 0 spiro atoms. The predicted molar refractivity (Wildman–Crippen MR) is 120 cm³/mol. The monoisotopic (exact) mass is 406 g/mol. The molecule has 3 rings (SSSR count). The normalized spacial score (nSPS) is 11.1. The van der Waals surface area contributed by atoms with E-state index in [0.29, 0.717) is 22.8 Å². The van der Waals surface area contributed by atoms with Crippen LogP contribution in [0, 0.1) is 0 Å². The van der Waals surface area contributed by atoms with E-state index in [0.717, 1.165) is 10.8 Å². The van der Waals surface area contributed by atoms with Crippen molar-refractivity contribution in [2.24, 2.45) is 0 Å². The molecule has 0 fully saturated rings. The molecule has 0 bridgehead atoms. The number of carbonyl (C=O) groups excluding carboxylic acids is 2. The third kappa shape index (κ3) is 4.71. The fourth-order valence-electron chi connectivity index (χ4n) is 3.22. The number of anilines is 3. The van der Waals surface area contributed by atoms with Gasteiger partial charge >= 0.3 is 6.09 Å². The van der Waals surface area contributed by atoms with Crippen LogP contribution in [0.15, 0.2) is 60.7 Å². The molecule has 2 amide bonds. The Bertz CT molecular complexity index is 1090. The third-order valence-electron chi connectivity index (χ3n) is 4.38. The Balaban J connectivity index is 2.11. The number of carbonyl (C=O) groups is 2. The molecule has 0 aromatic heterocycles. The van der Waals surface area contributed by atoms with E-state index in [1.165, 1.54) is 18.9 Å². The van der Waals surface area contributed by atoms with E-state index in [9.17, 15) is 9.59 Å². The van der Waals surface area contributed by atoms with E-state index in [4.69, 9.17) is 9.47 Å². The first-order chi connectivity index (χ1) is 14.2. The molecule has 6 heteroatoms. The lowest BCUT2D eigenvalue weighted by molar-refractivity contribution is -0.115. The quantitative estimate of drug-likeness (QED) is 0.587. The highest BCUT2D eigenvalue weighted by molar-refractivity contribution is 6.07. The molecule has 3 aromatic rings. The Hall–Kier alpha value is -3.54. The van der Waals surface area contributed by atoms with Crippen LogP contribution in [0.4, 0.5) is 21.9 Å². The molecule has 0 aliphatic carbocycles. The summed E-state index contributed by atoms with van der Waals surface area (Å²) in [6.07, 6.45) is -0.612. The van der Waals surface area contributed by atoms with Crippen LogP contribution in [0.2, 0.25) is 0 Å². The molecule has 0 unspecified atom stereocenters. The second kappa shape index (κ2) is 8.45. The highest BCUT2D eigenvalue weighted by atomic mass is 16.6. The number of nitrogens with zero attached hydrogens (tertiary/aromatic N) is 1. The number of para-hydroxylation sites is 1.